The molecule has 1 rings (SSSR count). The molecule has 6 heteroatoms. The van der Waals surface area contributed by atoms with Crippen LogP contribution in [0.3, 0.4) is 0 Å². The Morgan fingerprint density at radius 1 is 1.30 bits per heavy atom. The molecule has 0 spiro atoms. The van der Waals surface area contributed by atoms with Crippen molar-refractivity contribution in [3.05, 3.63) is 35.4 Å². The van der Waals surface area contributed by atoms with Gasteiger partial charge in [0.1, 0.15) is 0 Å². The Kier molecular flexibility index (Phi) is 4.73. The van der Waals surface area contributed by atoms with Crippen LogP contribution in [0.25, 0.3) is 6.08 Å². The van der Waals surface area contributed by atoms with Crippen molar-refractivity contribution in [1.29, 1.82) is 0 Å². The number of rotatable bonds is 4. The Morgan fingerprint density at radius 2 is 1.90 bits per heavy atom. The average molecular weight is 297 g/mol. The van der Waals surface area contributed by atoms with Crippen LogP contribution in [0.4, 0.5) is 0 Å². The van der Waals surface area contributed by atoms with Gasteiger partial charge in [-0.15, -0.1) is 0 Å². The molecule has 0 aliphatic heterocycles. The molecular weight excluding hydrogens is 278 g/mol. The zero-order chi connectivity index (χ0) is 15.6. The molecule has 0 saturated carbocycles. The Bertz CT molecular complexity index is 639. The Morgan fingerprint density at radius 3 is 2.40 bits per heavy atom. The summed E-state index contributed by atoms with van der Waals surface area (Å²) in [6.07, 6.45) is 1.43. The molecule has 0 saturated heterocycles. The van der Waals surface area contributed by atoms with Crippen LogP contribution in [-0.4, -0.2) is 25.0 Å². The van der Waals surface area contributed by atoms with Crippen molar-refractivity contribution in [2.75, 3.05) is 0 Å². The van der Waals surface area contributed by atoms with Gasteiger partial charge in [-0.3, -0.25) is 0 Å². The minimum atomic E-state index is -3.62. The molecule has 0 amide bonds. The summed E-state index contributed by atoms with van der Waals surface area (Å²) >= 11 is 0. The zero-order valence-electron chi connectivity index (χ0n) is 12.0. The summed E-state index contributed by atoms with van der Waals surface area (Å²) in [5.41, 5.74) is 0.0896. The number of carbonyl (C=O) groups is 1. The molecule has 0 aliphatic carbocycles. The van der Waals surface area contributed by atoms with E-state index in [0.29, 0.717) is 5.56 Å². The number of benzene rings is 1. The van der Waals surface area contributed by atoms with Crippen molar-refractivity contribution in [2.24, 2.45) is 0 Å². The van der Waals surface area contributed by atoms with Gasteiger partial charge >= 0.3 is 5.97 Å². The fourth-order valence-corrected chi connectivity index (χ4v) is 3.02. The summed E-state index contributed by atoms with van der Waals surface area (Å²) in [6.45, 7) is 6.71. The van der Waals surface area contributed by atoms with Crippen LogP contribution in [0.15, 0.2) is 34.7 Å². The van der Waals surface area contributed by atoms with E-state index in [1.807, 2.05) is 0 Å². The number of carboxylic acid groups (broad SMARTS) is 1. The molecular formula is C14H19NO4S. The Hall–Kier alpha value is -1.66. The summed E-state index contributed by atoms with van der Waals surface area (Å²) < 4.78 is 26.9. The second-order valence-electron chi connectivity index (χ2n) is 5.56. The van der Waals surface area contributed by atoms with Gasteiger partial charge in [0.25, 0.3) is 0 Å². The summed E-state index contributed by atoms with van der Waals surface area (Å²) in [7, 11) is -3.62. The second-order valence-corrected chi connectivity index (χ2v) is 7.24. The molecule has 0 atom stereocenters. The lowest BCUT2D eigenvalue weighted by Gasteiger charge is -2.20. The van der Waals surface area contributed by atoms with E-state index in [1.165, 1.54) is 25.1 Å². The topological polar surface area (TPSA) is 83.5 Å². The van der Waals surface area contributed by atoms with Crippen LogP contribution in [-0.2, 0) is 14.8 Å². The lowest BCUT2D eigenvalue weighted by Crippen LogP contribution is -2.40. The van der Waals surface area contributed by atoms with Gasteiger partial charge in [0.05, 0.1) is 4.90 Å². The number of hydrogen-bond donors (Lipinski definition) is 2. The van der Waals surface area contributed by atoms with Crippen molar-refractivity contribution in [1.82, 2.24) is 4.72 Å². The summed E-state index contributed by atoms with van der Waals surface area (Å²) in [4.78, 5) is 10.9. The molecule has 0 fully saturated rings. The smallest absolute Gasteiger partial charge is 0.331 e. The Labute approximate surface area is 119 Å². The third-order valence-corrected chi connectivity index (χ3v) is 4.09. The van der Waals surface area contributed by atoms with E-state index in [2.05, 4.69) is 4.72 Å². The van der Waals surface area contributed by atoms with E-state index in [-0.39, 0.29) is 10.5 Å². The van der Waals surface area contributed by atoms with Crippen LogP contribution in [0.2, 0.25) is 0 Å². The summed E-state index contributed by atoms with van der Waals surface area (Å²) in [5, 5.41) is 8.83. The zero-order valence-corrected chi connectivity index (χ0v) is 12.8. The fraction of sp³-hybridized carbons (Fsp3) is 0.357. The molecule has 20 heavy (non-hydrogen) atoms. The monoisotopic (exact) mass is 297 g/mol. The molecule has 0 unspecified atom stereocenters. The van der Waals surface area contributed by atoms with Gasteiger partial charge in [-0.1, -0.05) is 12.1 Å². The van der Waals surface area contributed by atoms with Crippen LogP contribution in [0, 0.1) is 0 Å². The van der Waals surface area contributed by atoms with Gasteiger partial charge in [0, 0.05) is 11.1 Å². The van der Waals surface area contributed by atoms with Gasteiger partial charge in [0.15, 0.2) is 0 Å². The number of aliphatic carboxylic acids is 1. The number of nitrogens with one attached hydrogen (secondary N) is 1. The number of hydrogen-bond acceptors (Lipinski definition) is 3. The van der Waals surface area contributed by atoms with E-state index in [9.17, 15) is 13.2 Å². The highest BCUT2D eigenvalue weighted by molar-refractivity contribution is 7.89. The quantitative estimate of drug-likeness (QED) is 0.835. The maximum atomic E-state index is 12.2. The molecule has 1 aromatic carbocycles. The molecule has 0 bridgehead atoms. The van der Waals surface area contributed by atoms with E-state index in [1.54, 1.807) is 32.9 Å². The van der Waals surface area contributed by atoms with Gasteiger partial charge in [0.2, 0.25) is 10.0 Å². The molecule has 0 heterocycles. The van der Waals surface area contributed by atoms with Gasteiger partial charge in [-0.05, 0) is 51.5 Å². The predicted octanol–water partition coefficient (Wildman–Crippen LogP) is 2.25. The van der Waals surface area contributed by atoms with Crippen LogP contribution in [0.5, 0.6) is 0 Å². The summed E-state index contributed by atoms with van der Waals surface area (Å²) in [5.74, 6) is -1.04. The van der Waals surface area contributed by atoms with E-state index in [4.69, 9.17) is 5.11 Å². The maximum Gasteiger partial charge on any atom is 0.331 e. The van der Waals surface area contributed by atoms with Crippen molar-refractivity contribution < 1.29 is 18.3 Å². The highest BCUT2D eigenvalue weighted by atomic mass is 32.2. The van der Waals surface area contributed by atoms with E-state index >= 15 is 0 Å². The van der Waals surface area contributed by atoms with Gasteiger partial charge < -0.3 is 5.11 Å². The third-order valence-electron chi connectivity index (χ3n) is 2.33. The first-order valence-electron chi connectivity index (χ1n) is 6.07. The van der Waals surface area contributed by atoms with Crippen molar-refractivity contribution >= 4 is 22.1 Å². The highest BCUT2D eigenvalue weighted by Crippen LogP contribution is 2.16. The first-order valence-corrected chi connectivity index (χ1v) is 7.55. The lowest BCUT2D eigenvalue weighted by atomic mass is 10.1. The van der Waals surface area contributed by atoms with Crippen LogP contribution < -0.4 is 4.72 Å². The number of sulfonamides is 1. The minimum absolute atomic E-state index is 0.111. The van der Waals surface area contributed by atoms with E-state index < -0.39 is 21.5 Å². The van der Waals surface area contributed by atoms with E-state index in [0.717, 1.165) is 0 Å². The first-order chi connectivity index (χ1) is 9.01. The highest BCUT2D eigenvalue weighted by Gasteiger charge is 2.21. The lowest BCUT2D eigenvalue weighted by molar-refractivity contribution is -0.132. The SMILES string of the molecule is CC(=Cc1cccc(S(=O)(=O)NC(C)(C)C)c1)C(=O)O. The van der Waals surface area contributed by atoms with Gasteiger partial charge in [-0.2, -0.15) is 0 Å². The van der Waals surface area contributed by atoms with Crippen molar-refractivity contribution in [3.8, 4) is 0 Å². The molecule has 2 N–H and O–H groups in total. The molecule has 110 valence electrons. The normalized spacial score (nSPS) is 13.3. The molecule has 0 radical (unpaired) electrons. The third kappa shape index (κ3) is 4.79. The Balaban J connectivity index is 3.17. The van der Waals surface area contributed by atoms with Crippen LogP contribution in [0.1, 0.15) is 33.3 Å². The largest absolute Gasteiger partial charge is 0.478 e. The first kappa shape index (κ1) is 16.4. The maximum absolute atomic E-state index is 12.2. The van der Waals surface area contributed by atoms with Gasteiger partial charge in [-0.25, -0.2) is 17.9 Å². The molecule has 0 aliphatic rings. The van der Waals surface area contributed by atoms with Crippen molar-refractivity contribution in [2.45, 2.75) is 38.1 Å². The second kappa shape index (κ2) is 5.76. The van der Waals surface area contributed by atoms with Crippen molar-refractivity contribution in [3.63, 3.8) is 0 Å². The molecule has 0 aromatic heterocycles. The molecule has 5 nitrogen and oxygen atoms in total. The minimum Gasteiger partial charge on any atom is -0.478 e. The summed E-state index contributed by atoms with van der Waals surface area (Å²) in [6, 6.07) is 6.16. The molecule has 1 aromatic rings. The predicted molar refractivity (Wildman–Crippen MR) is 77.8 cm³/mol. The van der Waals surface area contributed by atoms with Crippen LogP contribution >= 0.6 is 0 Å². The fourth-order valence-electron chi connectivity index (χ4n) is 1.55. The standard InChI is InChI=1S/C14H19NO4S/c1-10(13(16)17)8-11-6-5-7-12(9-11)20(18,19)15-14(2,3)4/h5-9,15H,1-4H3,(H,16,17). The number of carboxylic acids is 1. The average Bonchev–Trinajstić information content (AvgIpc) is 2.26.